The second kappa shape index (κ2) is 3.63. The molecule has 5 heteroatoms. The van der Waals surface area contributed by atoms with E-state index < -0.39 is 0 Å². The van der Waals surface area contributed by atoms with Crippen LogP contribution in [0.1, 0.15) is 10.4 Å². The number of H-pyrrole nitrogens is 1. The number of aromatic nitrogens is 1. The van der Waals surface area contributed by atoms with E-state index in [4.69, 9.17) is 0 Å². The monoisotopic (exact) mass is 193 g/mol. The predicted octanol–water partition coefficient (Wildman–Crippen LogP) is -0.924. The number of carbonyl (C=O) groups is 1. The minimum absolute atomic E-state index is 0.155. The Balaban J connectivity index is 2.10. The van der Waals surface area contributed by atoms with Crippen LogP contribution in [-0.4, -0.2) is 30.0 Å². The van der Waals surface area contributed by atoms with E-state index in [1.54, 1.807) is 6.07 Å². The Labute approximate surface area is 80.5 Å². The number of hydrogen-bond donors (Lipinski definition) is 3. The quantitative estimate of drug-likeness (QED) is 0.568. The van der Waals surface area contributed by atoms with Crippen molar-refractivity contribution >= 4 is 5.91 Å². The molecule has 1 aromatic heterocycles. The van der Waals surface area contributed by atoms with Gasteiger partial charge >= 0.3 is 0 Å². The first-order chi connectivity index (χ1) is 6.77. The van der Waals surface area contributed by atoms with Gasteiger partial charge in [-0.2, -0.15) is 0 Å². The Hall–Kier alpha value is -1.62. The number of pyridine rings is 1. The molecule has 1 fully saturated rings. The molecule has 1 amide bonds. The number of hydrogen-bond acceptors (Lipinski definition) is 3. The lowest BCUT2D eigenvalue weighted by molar-refractivity contribution is 0.0922. The van der Waals surface area contributed by atoms with E-state index in [9.17, 15) is 9.59 Å². The first kappa shape index (κ1) is 8.96. The van der Waals surface area contributed by atoms with Gasteiger partial charge in [0.2, 0.25) is 0 Å². The molecule has 1 aliphatic rings. The van der Waals surface area contributed by atoms with E-state index in [-0.39, 0.29) is 23.1 Å². The van der Waals surface area contributed by atoms with Crippen molar-refractivity contribution in [1.29, 1.82) is 0 Å². The number of nitrogens with one attached hydrogen (secondary N) is 3. The summed E-state index contributed by atoms with van der Waals surface area (Å²) in [5.41, 5.74) is -0.184. The summed E-state index contributed by atoms with van der Waals surface area (Å²) in [6, 6.07) is 3.30. The molecule has 74 valence electrons. The van der Waals surface area contributed by atoms with E-state index in [2.05, 4.69) is 15.6 Å². The van der Waals surface area contributed by atoms with E-state index in [0.717, 1.165) is 13.1 Å². The van der Waals surface area contributed by atoms with Crippen molar-refractivity contribution < 1.29 is 4.79 Å². The molecule has 5 nitrogen and oxygen atoms in total. The summed E-state index contributed by atoms with van der Waals surface area (Å²) in [6.07, 6.45) is 1.50. The molecule has 0 aromatic carbocycles. The summed E-state index contributed by atoms with van der Waals surface area (Å²) in [4.78, 5) is 25.2. The van der Waals surface area contributed by atoms with Crippen molar-refractivity contribution in [2.45, 2.75) is 6.04 Å². The molecule has 2 rings (SSSR count). The third-order valence-electron chi connectivity index (χ3n) is 2.18. The van der Waals surface area contributed by atoms with Crippen LogP contribution in [0.5, 0.6) is 0 Å². The van der Waals surface area contributed by atoms with Gasteiger partial charge in [-0.15, -0.1) is 0 Å². The van der Waals surface area contributed by atoms with Crippen LogP contribution >= 0.6 is 0 Å². The fourth-order valence-corrected chi connectivity index (χ4v) is 1.25. The number of aromatic amines is 1. The topological polar surface area (TPSA) is 74.0 Å². The third-order valence-corrected chi connectivity index (χ3v) is 2.18. The van der Waals surface area contributed by atoms with Crippen LogP contribution in [-0.2, 0) is 0 Å². The Morgan fingerprint density at radius 3 is 2.86 bits per heavy atom. The molecule has 1 saturated heterocycles. The first-order valence-electron chi connectivity index (χ1n) is 4.46. The lowest BCUT2D eigenvalue weighted by Gasteiger charge is -2.27. The van der Waals surface area contributed by atoms with Gasteiger partial charge in [0.15, 0.2) is 0 Å². The van der Waals surface area contributed by atoms with Crippen molar-refractivity contribution in [3.63, 3.8) is 0 Å². The fourth-order valence-electron chi connectivity index (χ4n) is 1.25. The maximum Gasteiger partial charge on any atom is 0.260 e. The van der Waals surface area contributed by atoms with Gasteiger partial charge in [0.25, 0.3) is 11.5 Å². The van der Waals surface area contributed by atoms with Crippen LogP contribution in [0.25, 0.3) is 0 Å². The van der Waals surface area contributed by atoms with Gasteiger partial charge in [0.1, 0.15) is 5.56 Å². The zero-order valence-corrected chi connectivity index (χ0v) is 7.54. The highest BCUT2D eigenvalue weighted by Gasteiger charge is 2.20. The molecule has 0 aliphatic carbocycles. The van der Waals surface area contributed by atoms with Crippen molar-refractivity contribution in [2.24, 2.45) is 0 Å². The van der Waals surface area contributed by atoms with Crippen LogP contribution in [0, 0.1) is 0 Å². The summed E-state index contributed by atoms with van der Waals surface area (Å²) in [6.45, 7) is 1.55. The van der Waals surface area contributed by atoms with Crippen molar-refractivity contribution in [3.8, 4) is 0 Å². The Bertz CT molecular complexity index is 395. The summed E-state index contributed by atoms with van der Waals surface area (Å²) >= 11 is 0. The first-order valence-corrected chi connectivity index (χ1v) is 4.46. The third kappa shape index (κ3) is 1.67. The van der Waals surface area contributed by atoms with Crippen molar-refractivity contribution in [2.75, 3.05) is 13.1 Å². The molecule has 0 unspecified atom stereocenters. The summed E-state index contributed by atoms with van der Waals surface area (Å²) in [5.74, 6) is -0.307. The fraction of sp³-hybridized carbons (Fsp3) is 0.333. The molecule has 0 bridgehead atoms. The largest absolute Gasteiger partial charge is 0.347 e. The molecular formula is C9H11N3O2. The Kier molecular flexibility index (Phi) is 2.32. The van der Waals surface area contributed by atoms with Crippen LogP contribution in [0.3, 0.4) is 0 Å². The lowest BCUT2D eigenvalue weighted by Crippen LogP contribution is -2.57. The van der Waals surface area contributed by atoms with E-state index in [0.29, 0.717) is 0 Å². The van der Waals surface area contributed by atoms with E-state index in [1.165, 1.54) is 12.3 Å². The molecule has 1 aromatic rings. The smallest absolute Gasteiger partial charge is 0.260 e. The molecule has 0 saturated carbocycles. The van der Waals surface area contributed by atoms with Crippen LogP contribution in [0.15, 0.2) is 23.1 Å². The summed E-state index contributed by atoms with van der Waals surface area (Å²) in [5, 5.41) is 5.78. The highest BCUT2D eigenvalue weighted by Crippen LogP contribution is 1.94. The van der Waals surface area contributed by atoms with Gasteiger partial charge in [-0.1, -0.05) is 0 Å². The highest BCUT2D eigenvalue weighted by atomic mass is 16.2. The molecular weight excluding hydrogens is 182 g/mol. The minimum Gasteiger partial charge on any atom is -0.347 e. The highest BCUT2D eigenvalue weighted by molar-refractivity contribution is 5.94. The SMILES string of the molecule is O=C(NC1CNC1)c1ccc[nH]c1=O. The molecule has 14 heavy (non-hydrogen) atoms. The predicted molar refractivity (Wildman–Crippen MR) is 51.2 cm³/mol. The van der Waals surface area contributed by atoms with Gasteiger partial charge in [-0.25, -0.2) is 0 Å². The average Bonchev–Trinajstić information content (AvgIpc) is 2.12. The van der Waals surface area contributed by atoms with Crippen LogP contribution in [0.2, 0.25) is 0 Å². The minimum atomic E-state index is -0.350. The number of amides is 1. The average molecular weight is 193 g/mol. The van der Waals surface area contributed by atoms with Gasteiger partial charge in [-0.3, -0.25) is 9.59 Å². The standard InChI is InChI=1S/C9H11N3O2/c13-8-7(2-1-3-11-8)9(14)12-6-4-10-5-6/h1-3,6,10H,4-5H2,(H,11,13)(H,12,14). The molecule has 0 spiro atoms. The van der Waals surface area contributed by atoms with E-state index in [1.807, 2.05) is 0 Å². The molecule has 0 radical (unpaired) electrons. The zero-order valence-electron chi connectivity index (χ0n) is 7.54. The van der Waals surface area contributed by atoms with Crippen molar-refractivity contribution in [1.82, 2.24) is 15.6 Å². The zero-order chi connectivity index (χ0) is 9.97. The van der Waals surface area contributed by atoms with Crippen LogP contribution in [0.4, 0.5) is 0 Å². The van der Waals surface area contributed by atoms with Gasteiger partial charge in [0, 0.05) is 19.3 Å². The summed E-state index contributed by atoms with van der Waals surface area (Å²) < 4.78 is 0. The van der Waals surface area contributed by atoms with Gasteiger partial charge < -0.3 is 15.6 Å². The number of carbonyl (C=O) groups excluding carboxylic acids is 1. The van der Waals surface area contributed by atoms with Crippen LogP contribution < -0.4 is 16.2 Å². The molecule has 0 atom stereocenters. The Morgan fingerprint density at radius 2 is 2.29 bits per heavy atom. The number of rotatable bonds is 2. The maximum absolute atomic E-state index is 11.5. The second-order valence-corrected chi connectivity index (χ2v) is 3.24. The molecule has 1 aliphatic heterocycles. The Morgan fingerprint density at radius 1 is 1.50 bits per heavy atom. The van der Waals surface area contributed by atoms with E-state index >= 15 is 0 Å². The molecule has 3 N–H and O–H groups in total. The van der Waals surface area contributed by atoms with Gasteiger partial charge in [-0.05, 0) is 12.1 Å². The lowest BCUT2D eigenvalue weighted by atomic mass is 10.1. The molecule has 2 heterocycles. The van der Waals surface area contributed by atoms with Gasteiger partial charge in [0.05, 0.1) is 6.04 Å². The second-order valence-electron chi connectivity index (χ2n) is 3.24. The normalized spacial score (nSPS) is 16.0. The van der Waals surface area contributed by atoms with Crippen molar-refractivity contribution in [3.05, 3.63) is 34.2 Å². The summed E-state index contributed by atoms with van der Waals surface area (Å²) in [7, 11) is 0. The maximum atomic E-state index is 11.5.